The molecule has 296 valence electrons. The van der Waals surface area contributed by atoms with Crippen LogP contribution < -0.4 is 4.90 Å². The minimum atomic E-state index is -0.424. The molecule has 0 aliphatic heterocycles. The lowest BCUT2D eigenvalue weighted by Crippen LogP contribution is -2.26. The van der Waals surface area contributed by atoms with Crippen molar-refractivity contribution < 1.29 is 0 Å². The standard InChI is InChI=1S/C61H42N2/c1-3-16-41(17-4-1)42-30-35-46(36-31-42)62(47-37-32-43(33-38-47)44-34-39-51-50-22-10-14-28-57(50)63(59(51)40-44)45-18-5-2-6-19-45)58-29-15-27-56-60(58)52-23-9-13-26-55(52)61(56)53-24-11-7-20-48(53)49-21-8-12-25-54(49)61/h1-5,7-18,20-40H,6,19H2. The van der Waals surface area contributed by atoms with Crippen molar-refractivity contribution in [2.75, 3.05) is 4.90 Å². The Labute approximate surface area is 368 Å². The summed E-state index contributed by atoms with van der Waals surface area (Å²) in [6, 6.07) is 79.0. The third-order valence-corrected chi connectivity index (χ3v) is 13.9. The highest BCUT2D eigenvalue weighted by molar-refractivity contribution is 6.11. The number of benzene rings is 9. The van der Waals surface area contributed by atoms with Crippen LogP contribution in [0.4, 0.5) is 17.1 Å². The van der Waals surface area contributed by atoms with Crippen molar-refractivity contribution in [3.8, 4) is 44.5 Å². The highest BCUT2D eigenvalue weighted by Crippen LogP contribution is 2.64. The van der Waals surface area contributed by atoms with Gasteiger partial charge in [-0.05, 0) is 123 Å². The number of nitrogens with zero attached hydrogens (tertiary/aromatic N) is 2. The van der Waals surface area contributed by atoms with Crippen LogP contribution in [-0.4, -0.2) is 4.57 Å². The molecule has 10 aromatic rings. The Morgan fingerprint density at radius 3 is 1.63 bits per heavy atom. The second kappa shape index (κ2) is 14.1. The van der Waals surface area contributed by atoms with Crippen LogP contribution >= 0.6 is 0 Å². The Hall–Kier alpha value is -7.94. The summed E-state index contributed by atoms with van der Waals surface area (Å²) in [7, 11) is 0. The summed E-state index contributed by atoms with van der Waals surface area (Å²) < 4.78 is 2.48. The van der Waals surface area contributed by atoms with E-state index in [0.29, 0.717) is 0 Å². The van der Waals surface area contributed by atoms with Crippen LogP contribution in [0.3, 0.4) is 0 Å². The quantitative estimate of drug-likeness (QED) is 0.163. The van der Waals surface area contributed by atoms with Crippen LogP contribution in [0.2, 0.25) is 0 Å². The summed E-state index contributed by atoms with van der Waals surface area (Å²) in [5.74, 6) is 0. The number of aromatic nitrogens is 1. The lowest BCUT2D eigenvalue weighted by molar-refractivity contribution is 0.794. The van der Waals surface area contributed by atoms with E-state index in [1.54, 1.807) is 0 Å². The van der Waals surface area contributed by atoms with Gasteiger partial charge >= 0.3 is 0 Å². The summed E-state index contributed by atoms with van der Waals surface area (Å²) in [6.07, 6.45) is 8.83. The van der Waals surface area contributed by atoms with Gasteiger partial charge < -0.3 is 9.47 Å². The van der Waals surface area contributed by atoms with Gasteiger partial charge in [0.15, 0.2) is 0 Å². The normalized spacial score (nSPS) is 14.1. The lowest BCUT2D eigenvalue weighted by Gasteiger charge is -2.32. The van der Waals surface area contributed by atoms with E-state index in [4.69, 9.17) is 0 Å². The van der Waals surface area contributed by atoms with E-state index in [2.05, 4.69) is 240 Å². The molecule has 13 rings (SSSR count). The Morgan fingerprint density at radius 2 is 0.952 bits per heavy atom. The number of fused-ring (bicyclic) bond motifs is 13. The van der Waals surface area contributed by atoms with Gasteiger partial charge in [0.2, 0.25) is 0 Å². The minimum absolute atomic E-state index is 0.424. The first-order valence-corrected chi connectivity index (χ1v) is 22.2. The minimum Gasteiger partial charge on any atom is -0.313 e. The molecule has 1 heterocycles. The Kier molecular flexibility index (Phi) is 7.98. The Morgan fingerprint density at radius 1 is 0.413 bits per heavy atom. The van der Waals surface area contributed by atoms with E-state index in [0.717, 1.165) is 24.2 Å². The zero-order valence-electron chi connectivity index (χ0n) is 34.7. The van der Waals surface area contributed by atoms with E-state index in [-0.39, 0.29) is 0 Å². The fourth-order valence-electron chi connectivity index (χ4n) is 11.2. The topological polar surface area (TPSA) is 8.17 Å². The molecular formula is C61H42N2. The van der Waals surface area contributed by atoms with Gasteiger partial charge in [-0.3, -0.25) is 0 Å². The molecule has 3 aliphatic carbocycles. The van der Waals surface area contributed by atoms with E-state index in [1.165, 1.54) is 100.0 Å². The average Bonchev–Trinajstić information content (AvgIpc) is 3.97. The number of anilines is 3. The molecule has 0 radical (unpaired) electrons. The van der Waals surface area contributed by atoms with Gasteiger partial charge in [0.1, 0.15) is 0 Å². The van der Waals surface area contributed by atoms with Crippen molar-refractivity contribution in [1.29, 1.82) is 0 Å². The first-order chi connectivity index (χ1) is 31.3. The first kappa shape index (κ1) is 35.8. The van der Waals surface area contributed by atoms with E-state index < -0.39 is 5.41 Å². The molecule has 0 amide bonds. The van der Waals surface area contributed by atoms with Crippen LogP contribution in [0.15, 0.2) is 231 Å². The monoisotopic (exact) mass is 802 g/mol. The maximum Gasteiger partial charge on any atom is 0.0726 e. The number of hydrogen-bond donors (Lipinski definition) is 0. The average molecular weight is 803 g/mol. The van der Waals surface area contributed by atoms with Gasteiger partial charge in [-0.25, -0.2) is 0 Å². The second-order valence-electron chi connectivity index (χ2n) is 17.1. The number of para-hydroxylation sites is 1. The molecule has 0 saturated carbocycles. The van der Waals surface area contributed by atoms with Crippen LogP contribution in [-0.2, 0) is 5.41 Å². The maximum absolute atomic E-state index is 2.48. The van der Waals surface area contributed by atoms with E-state index >= 15 is 0 Å². The lowest BCUT2D eigenvalue weighted by atomic mass is 9.70. The summed E-state index contributed by atoms with van der Waals surface area (Å²) in [4.78, 5) is 2.48. The predicted octanol–water partition coefficient (Wildman–Crippen LogP) is 16.1. The summed E-state index contributed by atoms with van der Waals surface area (Å²) in [5, 5.41) is 2.58. The molecule has 2 heteroatoms. The van der Waals surface area contributed by atoms with Crippen LogP contribution in [0, 0.1) is 0 Å². The number of allylic oxidation sites excluding steroid dienone is 4. The van der Waals surface area contributed by atoms with Crippen LogP contribution in [0.1, 0.15) is 35.1 Å². The summed E-state index contributed by atoms with van der Waals surface area (Å²) >= 11 is 0. The first-order valence-electron chi connectivity index (χ1n) is 22.2. The second-order valence-corrected chi connectivity index (χ2v) is 17.1. The van der Waals surface area contributed by atoms with Gasteiger partial charge in [-0.2, -0.15) is 0 Å². The van der Waals surface area contributed by atoms with Crippen molar-refractivity contribution in [2.45, 2.75) is 18.3 Å². The molecule has 2 nitrogen and oxygen atoms in total. The van der Waals surface area contributed by atoms with Crippen molar-refractivity contribution in [2.24, 2.45) is 0 Å². The number of rotatable bonds is 6. The molecule has 0 atom stereocenters. The van der Waals surface area contributed by atoms with E-state index in [9.17, 15) is 0 Å². The fourth-order valence-corrected chi connectivity index (χ4v) is 11.2. The van der Waals surface area contributed by atoms with E-state index in [1.807, 2.05) is 0 Å². The van der Waals surface area contributed by atoms with Gasteiger partial charge in [-0.15, -0.1) is 0 Å². The highest BCUT2D eigenvalue weighted by atomic mass is 15.1. The van der Waals surface area contributed by atoms with Gasteiger partial charge in [-0.1, -0.05) is 182 Å². The molecule has 0 unspecified atom stereocenters. The maximum atomic E-state index is 2.48. The molecule has 0 N–H and O–H groups in total. The largest absolute Gasteiger partial charge is 0.313 e. The zero-order valence-corrected chi connectivity index (χ0v) is 34.7. The predicted molar refractivity (Wildman–Crippen MR) is 264 cm³/mol. The number of hydrogen-bond acceptors (Lipinski definition) is 1. The third kappa shape index (κ3) is 5.25. The zero-order chi connectivity index (χ0) is 41.5. The highest BCUT2D eigenvalue weighted by Gasteiger charge is 2.52. The van der Waals surface area contributed by atoms with Crippen molar-refractivity contribution in [3.05, 3.63) is 253 Å². The van der Waals surface area contributed by atoms with Gasteiger partial charge in [0.25, 0.3) is 0 Å². The summed E-state index contributed by atoms with van der Waals surface area (Å²) in [6.45, 7) is 0. The third-order valence-electron chi connectivity index (χ3n) is 13.9. The van der Waals surface area contributed by atoms with Crippen molar-refractivity contribution >= 4 is 44.6 Å². The smallest absolute Gasteiger partial charge is 0.0726 e. The van der Waals surface area contributed by atoms with Gasteiger partial charge in [0.05, 0.1) is 22.1 Å². The van der Waals surface area contributed by atoms with Crippen molar-refractivity contribution in [1.82, 2.24) is 4.57 Å². The fraction of sp³-hybridized carbons (Fsp3) is 0.0492. The SMILES string of the molecule is C1=CCCC(n2c3ccccc3c3ccc(-c4ccc(N(c5ccc(-c6ccccc6)cc5)c5cccc6c5-c5ccccc5C65c6ccccc6-c6ccccc65)cc4)cc32)=C1. The molecule has 0 bridgehead atoms. The molecule has 0 saturated heterocycles. The van der Waals surface area contributed by atoms with Crippen LogP contribution in [0.5, 0.6) is 0 Å². The molecule has 0 fully saturated rings. The summed E-state index contributed by atoms with van der Waals surface area (Å²) in [5.41, 5.74) is 22.2. The van der Waals surface area contributed by atoms with Crippen molar-refractivity contribution in [3.63, 3.8) is 0 Å². The van der Waals surface area contributed by atoms with Gasteiger partial charge in [0, 0.05) is 33.4 Å². The molecule has 1 spiro atoms. The molecule has 1 aromatic heterocycles. The molecule has 3 aliphatic rings. The van der Waals surface area contributed by atoms with Crippen LogP contribution in [0.25, 0.3) is 72.0 Å². The Bertz CT molecular complexity index is 3450. The molecule has 63 heavy (non-hydrogen) atoms. The Balaban J connectivity index is 0.994. The molecule has 9 aromatic carbocycles. The molecular weight excluding hydrogens is 761 g/mol.